The maximum absolute atomic E-state index is 12.0. The summed E-state index contributed by atoms with van der Waals surface area (Å²) in [5.74, 6) is -0.522. The summed E-state index contributed by atoms with van der Waals surface area (Å²) in [6.07, 6.45) is 0.378. The molecule has 0 amide bonds. The number of hydrogen-bond donors (Lipinski definition) is 2. The van der Waals surface area contributed by atoms with E-state index in [1.54, 1.807) is 0 Å². The number of nitrogens with zero attached hydrogens (tertiary/aromatic N) is 1. The summed E-state index contributed by atoms with van der Waals surface area (Å²) in [6, 6.07) is 2.08. The summed E-state index contributed by atoms with van der Waals surface area (Å²) in [5, 5.41) is 28.7. The lowest BCUT2D eigenvalue weighted by atomic mass is 9.60. The van der Waals surface area contributed by atoms with Crippen LogP contribution in [0.25, 0.3) is 0 Å². The second kappa shape index (κ2) is 2.82. The Hall–Kier alpha value is -1.12. The number of ether oxygens (including phenoxy) is 1. The van der Waals surface area contributed by atoms with E-state index in [0.717, 1.165) is 0 Å². The molecule has 5 atom stereocenters. The molecule has 2 N–H and O–H groups in total. The van der Waals surface area contributed by atoms with E-state index >= 15 is 0 Å². The fourth-order valence-corrected chi connectivity index (χ4v) is 4.45. The largest absolute Gasteiger partial charge is 0.460 e. The lowest BCUT2D eigenvalue weighted by molar-refractivity contribution is -0.146. The number of aliphatic hydroxyl groups is 2. The van der Waals surface area contributed by atoms with Gasteiger partial charge in [-0.05, 0) is 12.8 Å². The Labute approximate surface area is 99.0 Å². The number of carbonyl (C=O) groups excluding carboxylic acids is 1. The van der Waals surface area contributed by atoms with Crippen molar-refractivity contribution in [2.24, 2.45) is 22.2 Å². The lowest BCUT2D eigenvalue weighted by Gasteiger charge is -2.38. The topological polar surface area (TPSA) is 90.6 Å². The SMILES string of the molecule is CC1C2OC(=O)C3(C#N)CC1(CO)CC23CO. The highest BCUT2D eigenvalue weighted by molar-refractivity contribution is 5.86. The third-order valence-electron chi connectivity index (χ3n) is 5.47. The Bertz CT molecular complexity index is 444. The van der Waals surface area contributed by atoms with E-state index in [-0.39, 0.29) is 19.1 Å². The van der Waals surface area contributed by atoms with Crippen molar-refractivity contribution in [3.63, 3.8) is 0 Å². The predicted octanol–water partition coefficient (Wildman–Crippen LogP) is -0.177. The Morgan fingerprint density at radius 1 is 1.47 bits per heavy atom. The molecule has 0 radical (unpaired) electrons. The van der Waals surface area contributed by atoms with Crippen molar-refractivity contribution in [1.82, 2.24) is 0 Å². The first-order valence-electron chi connectivity index (χ1n) is 5.86. The number of hydrogen-bond acceptors (Lipinski definition) is 5. The molecule has 0 aromatic heterocycles. The minimum Gasteiger partial charge on any atom is -0.460 e. The molecule has 5 unspecified atom stereocenters. The molecule has 1 saturated heterocycles. The molecule has 3 aliphatic rings. The first kappa shape index (κ1) is 11.0. The number of esters is 1. The van der Waals surface area contributed by atoms with Gasteiger partial charge in [-0.2, -0.15) is 5.26 Å². The molecule has 0 aromatic carbocycles. The quantitative estimate of drug-likeness (QED) is 0.650. The molecule has 2 aliphatic carbocycles. The van der Waals surface area contributed by atoms with E-state index in [2.05, 4.69) is 6.07 Å². The predicted molar refractivity (Wildman–Crippen MR) is 55.4 cm³/mol. The van der Waals surface area contributed by atoms with E-state index in [4.69, 9.17) is 4.74 Å². The molecule has 2 saturated carbocycles. The first-order chi connectivity index (χ1) is 8.02. The van der Waals surface area contributed by atoms with E-state index in [1.807, 2.05) is 6.92 Å². The van der Waals surface area contributed by atoms with Crippen LogP contribution in [0.15, 0.2) is 0 Å². The Morgan fingerprint density at radius 2 is 2.18 bits per heavy atom. The first-order valence-corrected chi connectivity index (χ1v) is 5.86. The normalized spacial score (nSPS) is 54.8. The van der Waals surface area contributed by atoms with Gasteiger partial charge in [0, 0.05) is 17.9 Å². The molecule has 1 heterocycles. The fourth-order valence-electron chi connectivity index (χ4n) is 4.45. The van der Waals surface area contributed by atoms with Crippen molar-refractivity contribution >= 4 is 5.97 Å². The number of fused-ring (bicyclic) bond motifs is 1. The highest BCUT2D eigenvalue weighted by atomic mass is 16.6. The smallest absolute Gasteiger partial charge is 0.327 e. The molecule has 3 fully saturated rings. The van der Waals surface area contributed by atoms with Crippen LogP contribution in [0.4, 0.5) is 0 Å². The average Bonchev–Trinajstić information content (AvgIpc) is 2.84. The van der Waals surface area contributed by atoms with Crippen molar-refractivity contribution in [3.05, 3.63) is 0 Å². The Morgan fingerprint density at radius 3 is 2.71 bits per heavy atom. The van der Waals surface area contributed by atoms with E-state index in [9.17, 15) is 20.3 Å². The molecule has 5 nitrogen and oxygen atoms in total. The van der Waals surface area contributed by atoms with Crippen molar-refractivity contribution in [1.29, 1.82) is 5.26 Å². The van der Waals surface area contributed by atoms with Crippen LogP contribution >= 0.6 is 0 Å². The van der Waals surface area contributed by atoms with E-state index in [0.29, 0.717) is 12.8 Å². The molecular formula is C12H15NO4. The molecule has 0 aromatic rings. The summed E-state index contributed by atoms with van der Waals surface area (Å²) in [6.45, 7) is 1.63. The van der Waals surface area contributed by atoms with Gasteiger partial charge in [0.25, 0.3) is 0 Å². The minimum absolute atomic E-state index is 0.00688. The summed E-state index contributed by atoms with van der Waals surface area (Å²) in [7, 11) is 0. The van der Waals surface area contributed by atoms with Crippen LogP contribution < -0.4 is 0 Å². The van der Waals surface area contributed by atoms with Gasteiger partial charge >= 0.3 is 5.97 Å². The van der Waals surface area contributed by atoms with Gasteiger partial charge < -0.3 is 14.9 Å². The average molecular weight is 237 g/mol. The highest BCUT2D eigenvalue weighted by Gasteiger charge is 2.83. The number of aliphatic hydroxyl groups excluding tert-OH is 2. The number of rotatable bonds is 2. The molecule has 1 aliphatic heterocycles. The molecule has 17 heavy (non-hydrogen) atoms. The van der Waals surface area contributed by atoms with Crippen LogP contribution in [0, 0.1) is 33.5 Å². The second-order valence-electron chi connectivity index (χ2n) is 5.82. The van der Waals surface area contributed by atoms with Gasteiger partial charge in [-0.15, -0.1) is 0 Å². The molecule has 92 valence electrons. The number of nitriles is 1. The van der Waals surface area contributed by atoms with Gasteiger partial charge in [0.05, 0.1) is 18.1 Å². The van der Waals surface area contributed by atoms with Gasteiger partial charge in [0.2, 0.25) is 0 Å². The lowest BCUT2D eigenvalue weighted by Crippen LogP contribution is -2.48. The van der Waals surface area contributed by atoms with E-state index in [1.165, 1.54) is 0 Å². The summed E-state index contributed by atoms with van der Waals surface area (Å²) in [5.41, 5.74) is -2.50. The third kappa shape index (κ3) is 0.820. The van der Waals surface area contributed by atoms with Crippen LogP contribution in [0.1, 0.15) is 19.8 Å². The fraction of sp³-hybridized carbons (Fsp3) is 0.833. The van der Waals surface area contributed by atoms with Crippen LogP contribution in [0.3, 0.4) is 0 Å². The zero-order chi connectivity index (χ0) is 12.5. The zero-order valence-electron chi connectivity index (χ0n) is 9.64. The molecule has 2 bridgehead atoms. The van der Waals surface area contributed by atoms with Crippen molar-refractivity contribution in [3.8, 4) is 6.07 Å². The van der Waals surface area contributed by atoms with Gasteiger partial charge in [0.1, 0.15) is 6.10 Å². The molecule has 5 heteroatoms. The van der Waals surface area contributed by atoms with Crippen LogP contribution in [-0.4, -0.2) is 35.5 Å². The second-order valence-corrected chi connectivity index (χ2v) is 5.82. The van der Waals surface area contributed by atoms with Gasteiger partial charge in [0.15, 0.2) is 5.41 Å². The Kier molecular flexibility index (Phi) is 1.82. The van der Waals surface area contributed by atoms with Crippen molar-refractivity contribution < 1.29 is 19.7 Å². The third-order valence-corrected chi connectivity index (χ3v) is 5.47. The summed E-state index contributed by atoms with van der Waals surface area (Å²) >= 11 is 0. The summed E-state index contributed by atoms with van der Waals surface area (Å²) < 4.78 is 5.33. The van der Waals surface area contributed by atoms with Crippen LogP contribution in [0.5, 0.6) is 0 Å². The van der Waals surface area contributed by atoms with Crippen molar-refractivity contribution in [2.75, 3.05) is 13.2 Å². The zero-order valence-corrected chi connectivity index (χ0v) is 9.64. The van der Waals surface area contributed by atoms with E-state index < -0.39 is 28.3 Å². The van der Waals surface area contributed by atoms with Crippen molar-refractivity contribution in [2.45, 2.75) is 25.9 Å². The van der Waals surface area contributed by atoms with Crippen LogP contribution in [0.2, 0.25) is 0 Å². The van der Waals surface area contributed by atoms with Gasteiger partial charge in [-0.3, -0.25) is 4.79 Å². The minimum atomic E-state index is -1.25. The van der Waals surface area contributed by atoms with Gasteiger partial charge in [-0.25, -0.2) is 0 Å². The Balaban J connectivity index is 2.22. The molecule has 3 rings (SSSR count). The number of carbonyl (C=O) groups is 1. The standard InChI is InChI=1S/C12H15NO4/c1-7-8-12(6-15)3-10(7,5-14)2-11(12,4-13)9(16)17-8/h7-8,14-15H,2-3,5-6H2,1H3. The van der Waals surface area contributed by atoms with Crippen LogP contribution in [-0.2, 0) is 9.53 Å². The summed E-state index contributed by atoms with van der Waals surface area (Å²) in [4.78, 5) is 12.0. The maximum atomic E-state index is 12.0. The maximum Gasteiger partial charge on any atom is 0.327 e. The monoisotopic (exact) mass is 237 g/mol. The highest BCUT2D eigenvalue weighted by Crippen LogP contribution is 2.75. The van der Waals surface area contributed by atoms with Gasteiger partial charge in [-0.1, -0.05) is 6.92 Å². The molecular weight excluding hydrogens is 222 g/mol. The molecule has 0 spiro atoms.